The monoisotopic (exact) mass is 252 g/mol. The summed E-state index contributed by atoms with van der Waals surface area (Å²) in [4.78, 5) is 2.10. The number of halogens is 1. The molecule has 98 valence electrons. The Hall–Kier alpha value is -1.53. The van der Waals surface area contributed by atoms with Gasteiger partial charge in [0.25, 0.3) is 0 Å². The summed E-state index contributed by atoms with van der Waals surface area (Å²) in [5.74, 6) is -0.230. The molecule has 0 spiro atoms. The molecule has 1 aromatic heterocycles. The Morgan fingerprint density at radius 3 is 2.72 bits per heavy atom. The zero-order valence-corrected chi connectivity index (χ0v) is 10.3. The second kappa shape index (κ2) is 5.41. The molecule has 1 saturated heterocycles. The third-order valence-electron chi connectivity index (χ3n) is 3.16. The van der Waals surface area contributed by atoms with Crippen LogP contribution in [0.2, 0.25) is 0 Å². The number of pyridine rings is 1. The summed E-state index contributed by atoms with van der Waals surface area (Å²) in [6.45, 7) is 4.71. The zero-order chi connectivity index (χ0) is 13.1. The van der Waals surface area contributed by atoms with Crippen LogP contribution in [0.15, 0.2) is 18.3 Å². The van der Waals surface area contributed by atoms with Crippen LogP contribution >= 0.6 is 0 Å². The zero-order valence-electron chi connectivity index (χ0n) is 10.3. The Morgan fingerprint density at radius 1 is 1.39 bits per heavy atom. The van der Waals surface area contributed by atoms with E-state index in [1.807, 2.05) is 6.92 Å². The van der Waals surface area contributed by atoms with Crippen LogP contribution in [0.3, 0.4) is 0 Å². The number of rotatable bonds is 2. The highest BCUT2D eigenvalue weighted by molar-refractivity contribution is 5.86. The number of nitrogens with one attached hydrogen (secondary N) is 2. The molecule has 1 unspecified atom stereocenters. The highest BCUT2D eigenvalue weighted by Crippen LogP contribution is 2.06. The molecule has 18 heavy (non-hydrogen) atoms. The molecule has 6 heteroatoms. The fraction of sp³-hybridized carbons (Fsp3) is 0.500. The van der Waals surface area contributed by atoms with Gasteiger partial charge >= 0.3 is 0 Å². The van der Waals surface area contributed by atoms with E-state index in [0.29, 0.717) is 13.2 Å². The first-order chi connectivity index (χ1) is 8.59. The minimum Gasteiger partial charge on any atom is -0.379 e. The lowest BCUT2D eigenvalue weighted by Crippen LogP contribution is -2.48. The topological polar surface area (TPSA) is 65.1 Å². The Labute approximate surface area is 105 Å². The molecule has 1 aromatic rings. The molecule has 0 radical (unpaired) electrons. The predicted molar refractivity (Wildman–Crippen MR) is 65.2 cm³/mol. The molecule has 5 nitrogen and oxygen atoms in total. The summed E-state index contributed by atoms with van der Waals surface area (Å²) in [6, 6.07) is 2.42. The highest BCUT2D eigenvalue weighted by atomic mass is 19.1. The van der Waals surface area contributed by atoms with Crippen molar-refractivity contribution >= 4 is 5.84 Å². The standard InChI is InChI=1S/C12H17FN4O/c1-9(16-4-6-18-7-5-16)12(15)17-8-10(13)2-3-11(17)14/h2-3,8-9,14-15H,4-7H2,1H3. The van der Waals surface area contributed by atoms with Crippen LogP contribution in [-0.4, -0.2) is 47.6 Å². The molecule has 0 amide bonds. The highest BCUT2D eigenvalue weighted by Gasteiger charge is 2.21. The summed E-state index contributed by atoms with van der Waals surface area (Å²) < 4.78 is 19.7. The van der Waals surface area contributed by atoms with Crippen LogP contribution in [0.5, 0.6) is 0 Å². The maximum absolute atomic E-state index is 13.2. The summed E-state index contributed by atoms with van der Waals surface area (Å²) in [7, 11) is 0. The quantitative estimate of drug-likeness (QED) is 0.599. The van der Waals surface area contributed by atoms with Crippen molar-refractivity contribution in [3.63, 3.8) is 0 Å². The smallest absolute Gasteiger partial charge is 0.140 e. The van der Waals surface area contributed by atoms with E-state index in [1.165, 1.54) is 22.9 Å². The van der Waals surface area contributed by atoms with E-state index in [-0.39, 0.29) is 17.4 Å². The normalized spacial score (nSPS) is 18.6. The van der Waals surface area contributed by atoms with Gasteiger partial charge in [-0.1, -0.05) is 0 Å². The van der Waals surface area contributed by atoms with Crippen molar-refractivity contribution in [3.8, 4) is 0 Å². The molecular formula is C12H17FN4O. The Morgan fingerprint density at radius 2 is 2.06 bits per heavy atom. The van der Waals surface area contributed by atoms with Crippen molar-refractivity contribution in [3.05, 3.63) is 29.6 Å². The van der Waals surface area contributed by atoms with Gasteiger partial charge in [0.05, 0.1) is 19.3 Å². The molecule has 2 heterocycles. The van der Waals surface area contributed by atoms with Gasteiger partial charge in [-0.25, -0.2) is 4.39 Å². The van der Waals surface area contributed by atoms with Gasteiger partial charge in [0.2, 0.25) is 0 Å². The maximum atomic E-state index is 13.2. The van der Waals surface area contributed by atoms with Crippen molar-refractivity contribution in [1.82, 2.24) is 9.47 Å². The second-order valence-corrected chi connectivity index (χ2v) is 4.31. The molecule has 2 N–H and O–H groups in total. The Bertz CT molecular complexity index is 493. The van der Waals surface area contributed by atoms with Crippen molar-refractivity contribution in [2.45, 2.75) is 13.0 Å². The molecule has 1 atom stereocenters. The SMILES string of the molecule is CC(C(=N)n1cc(F)ccc1=N)N1CCOCC1. The van der Waals surface area contributed by atoms with Crippen LogP contribution in [-0.2, 0) is 4.74 Å². The first kappa shape index (κ1) is 12.9. The van der Waals surface area contributed by atoms with E-state index < -0.39 is 5.82 Å². The summed E-state index contributed by atoms with van der Waals surface area (Å²) in [6.07, 6.45) is 1.18. The van der Waals surface area contributed by atoms with Gasteiger partial charge in [0, 0.05) is 19.3 Å². The molecule has 0 bridgehead atoms. The van der Waals surface area contributed by atoms with Gasteiger partial charge in [-0.05, 0) is 19.1 Å². The lowest BCUT2D eigenvalue weighted by atomic mass is 10.2. The lowest BCUT2D eigenvalue weighted by molar-refractivity contribution is 0.0311. The van der Waals surface area contributed by atoms with E-state index in [1.54, 1.807) is 0 Å². The van der Waals surface area contributed by atoms with Crippen LogP contribution in [0.4, 0.5) is 4.39 Å². The summed E-state index contributed by atoms with van der Waals surface area (Å²) >= 11 is 0. The van der Waals surface area contributed by atoms with E-state index >= 15 is 0 Å². The first-order valence-electron chi connectivity index (χ1n) is 5.93. The molecule has 1 fully saturated rings. The van der Waals surface area contributed by atoms with Gasteiger partial charge in [-0.2, -0.15) is 0 Å². The van der Waals surface area contributed by atoms with E-state index in [4.69, 9.17) is 15.6 Å². The predicted octanol–water partition coefficient (Wildman–Crippen LogP) is 0.653. The molecule has 0 saturated carbocycles. The third-order valence-corrected chi connectivity index (χ3v) is 3.16. The summed E-state index contributed by atoms with van der Waals surface area (Å²) in [5, 5.41) is 15.8. The van der Waals surface area contributed by atoms with Crippen LogP contribution in [0.25, 0.3) is 0 Å². The van der Waals surface area contributed by atoms with Crippen molar-refractivity contribution in [2.24, 2.45) is 0 Å². The molecule has 1 aliphatic heterocycles. The van der Waals surface area contributed by atoms with E-state index in [9.17, 15) is 4.39 Å². The Balaban J connectivity index is 2.19. The molecule has 2 rings (SSSR count). The first-order valence-corrected chi connectivity index (χ1v) is 5.93. The molecule has 0 aromatic carbocycles. The fourth-order valence-corrected chi connectivity index (χ4v) is 2.01. The number of hydrogen-bond acceptors (Lipinski definition) is 4. The summed E-state index contributed by atoms with van der Waals surface area (Å²) in [5.41, 5.74) is 0.113. The minimum absolute atomic E-state index is 0.113. The van der Waals surface area contributed by atoms with E-state index in [2.05, 4.69) is 4.90 Å². The number of hydrogen-bond donors (Lipinski definition) is 2. The molecule has 1 aliphatic rings. The number of nitrogens with zero attached hydrogens (tertiary/aromatic N) is 2. The molecule has 0 aliphatic carbocycles. The number of aromatic nitrogens is 1. The van der Waals surface area contributed by atoms with Gasteiger partial charge in [0.1, 0.15) is 17.1 Å². The van der Waals surface area contributed by atoms with Gasteiger partial charge < -0.3 is 4.74 Å². The van der Waals surface area contributed by atoms with Crippen LogP contribution in [0.1, 0.15) is 6.92 Å². The number of ether oxygens (including phenoxy) is 1. The fourth-order valence-electron chi connectivity index (χ4n) is 2.01. The van der Waals surface area contributed by atoms with Crippen LogP contribution in [0, 0.1) is 16.6 Å². The molecular weight excluding hydrogens is 235 g/mol. The van der Waals surface area contributed by atoms with Gasteiger partial charge in [-0.3, -0.25) is 20.3 Å². The second-order valence-electron chi connectivity index (χ2n) is 4.31. The Kier molecular flexibility index (Phi) is 3.88. The van der Waals surface area contributed by atoms with Crippen molar-refractivity contribution < 1.29 is 9.13 Å². The number of morpholine rings is 1. The van der Waals surface area contributed by atoms with Gasteiger partial charge in [0.15, 0.2) is 0 Å². The van der Waals surface area contributed by atoms with Crippen molar-refractivity contribution in [1.29, 1.82) is 10.8 Å². The van der Waals surface area contributed by atoms with E-state index in [0.717, 1.165) is 13.1 Å². The van der Waals surface area contributed by atoms with Gasteiger partial charge in [-0.15, -0.1) is 0 Å². The lowest BCUT2D eigenvalue weighted by Gasteiger charge is -2.32. The minimum atomic E-state index is -0.440. The van der Waals surface area contributed by atoms with Crippen LogP contribution < -0.4 is 5.49 Å². The average Bonchev–Trinajstić information content (AvgIpc) is 2.41. The van der Waals surface area contributed by atoms with Crippen molar-refractivity contribution in [2.75, 3.05) is 26.3 Å². The average molecular weight is 252 g/mol. The third kappa shape index (κ3) is 2.65. The largest absolute Gasteiger partial charge is 0.379 e. The maximum Gasteiger partial charge on any atom is 0.140 e.